The lowest BCUT2D eigenvalue weighted by atomic mass is 9.97. The van der Waals surface area contributed by atoms with Gasteiger partial charge in [-0.1, -0.05) is 30.3 Å². The molecular weight excluding hydrogens is 396 g/mol. The number of benzene rings is 1. The van der Waals surface area contributed by atoms with Gasteiger partial charge in [-0.15, -0.1) is 11.3 Å². The van der Waals surface area contributed by atoms with E-state index in [4.69, 9.17) is 4.98 Å². The molecule has 6 nitrogen and oxygen atoms in total. The van der Waals surface area contributed by atoms with Crippen LogP contribution in [0, 0.1) is 0 Å². The van der Waals surface area contributed by atoms with Crippen LogP contribution in [-0.4, -0.2) is 41.0 Å². The highest BCUT2D eigenvalue weighted by molar-refractivity contribution is 7.18. The second-order valence-corrected chi connectivity index (χ2v) is 9.22. The van der Waals surface area contributed by atoms with Crippen molar-refractivity contribution in [1.29, 1.82) is 0 Å². The number of fused-ring (bicyclic) bond motifs is 3. The predicted molar refractivity (Wildman–Crippen MR) is 121 cm³/mol. The summed E-state index contributed by atoms with van der Waals surface area (Å²) in [7, 11) is 3.89. The van der Waals surface area contributed by atoms with Crippen LogP contribution in [-0.2, 0) is 37.1 Å². The van der Waals surface area contributed by atoms with E-state index in [9.17, 15) is 9.59 Å². The molecule has 0 atom stereocenters. The number of rotatable bonds is 7. The minimum absolute atomic E-state index is 0.00432. The molecule has 0 fully saturated rings. The SMILES string of the molecule is CN(C)Cc1nc2sc3c(c2c(=O)n1CC(=O)NCCc1ccccc1)CCCC3. The quantitative estimate of drug-likeness (QED) is 0.633. The van der Waals surface area contributed by atoms with Crippen LogP contribution in [0.4, 0.5) is 0 Å². The molecule has 1 aliphatic carbocycles. The average molecular weight is 425 g/mol. The summed E-state index contributed by atoms with van der Waals surface area (Å²) in [5, 5.41) is 3.68. The highest BCUT2D eigenvalue weighted by atomic mass is 32.1. The summed E-state index contributed by atoms with van der Waals surface area (Å²) in [6.07, 6.45) is 5.00. The van der Waals surface area contributed by atoms with Crippen molar-refractivity contribution in [1.82, 2.24) is 19.8 Å². The van der Waals surface area contributed by atoms with Crippen molar-refractivity contribution in [3.05, 3.63) is 62.5 Å². The van der Waals surface area contributed by atoms with E-state index in [0.29, 0.717) is 18.9 Å². The number of hydrogen-bond acceptors (Lipinski definition) is 5. The number of carbonyl (C=O) groups excluding carboxylic acids is 1. The van der Waals surface area contributed by atoms with Gasteiger partial charge in [-0.25, -0.2) is 4.98 Å². The Kier molecular flexibility index (Phi) is 6.29. The van der Waals surface area contributed by atoms with Gasteiger partial charge in [0.1, 0.15) is 17.2 Å². The van der Waals surface area contributed by atoms with E-state index in [-0.39, 0.29) is 18.0 Å². The van der Waals surface area contributed by atoms with E-state index in [1.165, 1.54) is 16.9 Å². The third-order valence-electron chi connectivity index (χ3n) is 5.49. The van der Waals surface area contributed by atoms with Crippen molar-refractivity contribution in [3.63, 3.8) is 0 Å². The van der Waals surface area contributed by atoms with Crippen molar-refractivity contribution < 1.29 is 4.79 Å². The van der Waals surface area contributed by atoms with Gasteiger partial charge in [-0.2, -0.15) is 0 Å². The molecule has 0 radical (unpaired) electrons. The number of amides is 1. The number of nitrogens with zero attached hydrogens (tertiary/aromatic N) is 3. The molecule has 0 bridgehead atoms. The topological polar surface area (TPSA) is 67.2 Å². The summed E-state index contributed by atoms with van der Waals surface area (Å²) in [4.78, 5) is 35.0. The van der Waals surface area contributed by atoms with Crippen LogP contribution in [0.15, 0.2) is 35.1 Å². The Hall–Kier alpha value is -2.51. The third-order valence-corrected chi connectivity index (χ3v) is 6.68. The molecule has 1 aliphatic rings. The number of hydrogen-bond donors (Lipinski definition) is 1. The van der Waals surface area contributed by atoms with E-state index >= 15 is 0 Å². The van der Waals surface area contributed by atoms with Gasteiger partial charge >= 0.3 is 0 Å². The van der Waals surface area contributed by atoms with Crippen LogP contribution in [0.3, 0.4) is 0 Å². The molecule has 7 heteroatoms. The highest BCUT2D eigenvalue weighted by Crippen LogP contribution is 2.33. The lowest BCUT2D eigenvalue weighted by Crippen LogP contribution is -2.36. The van der Waals surface area contributed by atoms with Crippen molar-refractivity contribution in [2.24, 2.45) is 0 Å². The Balaban J connectivity index is 1.58. The van der Waals surface area contributed by atoms with Crippen LogP contribution in [0.1, 0.15) is 34.7 Å². The Labute approximate surface area is 180 Å². The van der Waals surface area contributed by atoms with Crippen molar-refractivity contribution in [2.45, 2.75) is 45.2 Å². The Morgan fingerprint density at radius 2 is 1.97 bits per heavy atom. The van der Waals surface area contributed by atoms with E-state index in [1.807, 2.05) is 49.3 Å². The monoisotopic (exact) mass is 424 g/mol. The summed E-state index contributed by atoms with van der Waals surface area (Å²) in [5.74, 6) is 0.493. The normalized spacial score (nSPS) is 13.6. The summed E-state index contributed by atoms with van der Waals surface area (Å²) in [6, 6.07) is 10.1. The van der Waals surface area contributed by atoms with Gasteiger partial charge in [0, 0.05) is 11.4 Å². The van der Waals surface area contributed by atoms with Gasteiger partial charge in [-0.3, -0.25) is 14.2 Å². The summed E-state index contributed by atoms with van der Waals surface area (Å²) in [5.41, 5.74) is 2.26. The number of aromatic nitrogens is 2. The molecule has 0 saturated carbocycles. The van der Waals surface area contributed by atoms with Crippen LogP contribution in [0.2, 0.25) is 0 Å². The Morgan fingerprint density at radius 3 is 2.73 bits per heavy atom. The summed E-state index contributed by atoms with van der Waals surface area (Å²) >= 11 is 1.65. The molecule has 1 amide bonds. The molecule has 30 heavy (non-hydrogen) atoms. The van der Waals surface area contributed by atoms with Crippen molar-refractivity contribution in [2.75, 3.05) is 20.6 Å². The van der Waals surface area contributed by atoms with E-state index in [2.05, 4.69) is 5.32 Å². The fraction of sp³-hybridized carbons (Fsp3) is 0.435. The largest absolute Gasteiger partial charge is 0.354 e. The maximum atomic E-state index is 13.4. The molecule has 2 aromatic heterocycles. The van der Waals surface area contributed by atoms with Gasteiger partial charge in [0.05, 0.1) is 11.9 Å². The Bertz CT molecular complexity index is 1100. The lowest BCUT2D eigenvalue weighted by Gasteiger charge is -2.16. The standard InChI is InChI=1S/C23H28N4O2S/c1-26(2)14-19-25-22-21(17-10-6-7-11-18(17)30-22)23(29)27(19)15-20(28)24-13-12-16-8-4-3-5-9-16/h3-5,8-9H,6-7,10-15H2,1-2H3,(H,24,28). The van der Waals surface area contributed by atoms with Crippen LogP contribution in [0.25, 0.3) is 10.2 Å². The maximum Gasteiger partial charge on any atom is 0.263 e. The molecule has 0 spiro atoms. The molecule has 2 heterocycles. The van der Waals surface area contributed by atoms with Crippen LogP contribution in [0.5, 0.6) is 0 Å². The first-order valence-corrected chi connectivity index (χ1v) is 11.3. The Morgan fingerprint density at radius 1 is 1.20 bits per heavy atom. The summed E-state index contributed by atoms with van der Waals surface area (Å²) in [6.45, 7) is 1.07. The van der Waals surface area contributed by atoms with E-state index in [0.717, 1.165) is 41.5 Å². The molecule has 4 rings (SSSR count). The minimum atomic E-state index is -0.154. The molecule has 0 aliphatic heterocycles. The number of carbonyl (C=O) groups is 1. The van der Waals surface area contributed by atoms with E-state index in [1.54, 1.807) is 15.9 Å². The second kappa shape index (κ2) is 9.10. The molecule has 0 unspecified atom stereocenters. The van der Waals surface area contributed by atoms with Crippen LogP contribution < -0.4 is 10.9 Å². The van der Waals surface area contributed by atoms with Crippen molar-refractivity contribution >= 4 is 27.5 Å². The molecule has 1 aromatic carbocycles. The van der Waals surface area contributed by atoms with E-state index < -0.39 is 0 Å². The molecule has 1 N–H and O–H groups in total. The maximum absolute atomic E-state index is 13.4. The fourth-order valence-corrected chi connectivity index (χ4v) is 5.31. The number of nitrogens with one attached hydrogen (secondary N) is 1. The zero-order chi connectivity index (χ0) is 21.1. The van der Waals surface area contributed by atoms with Gasteiger partial charge in [0.25, 0.3) is 5.56 Å². The van der Waals surface area contributed by atoms with Gasteiger partial charge in [0.15, 0.2) is 0 Å². The number of aryl methyl sites for hydroxylation is 2. The number of thiophene rings is 1. The first-order valence-electron chi connectivity index (χ1n) is 10.5. The van der Waals surface area contributed by atoms with Gasteiger partial charge in [-0.05, 0) is 57.3 Å². The fourth-order valence-electron chi connectivity index (χ4n) is 4.04. The smallest absolute Gasteiger partial charge is 0.263 e. The second-order valence-electron chi connectivity index (χ2n) is 8.13. The summed E-state index contributed by atoms with van der Waals surface area (Å²) < 4.78 is 1.57. The molecular formula is C23H28N4O2S. The minimum Gasteiger partial charge on any atom is -0.354 e. The van der Waals surface area contributed by atoms with Gasteiger partial charge in [0.2, 0.25) is 5.91 Å². The van der Waals surface area contributed by atoms with Gasteiger partial charge < -0.3 is 10.2 Å². The molecule has 3 aromatic rings. The predicted octanol–water partition coefficient (Wildman–Crippen LogP) is 2.76. The highest BCUT2D eigenvalue weighted by Gasteiger charge is 2.23. The lowest BCUT2D eigenvalue weighted by molar-refractivity contribution is -0.121. The van der Waals surface area contributed by atoms with Crippen molar-refractivity contribution in [3.8, 4) is 0 Å². The average Bonchev–Trinajstić information content (AvgIpc) is 3.09. The van der Waals surface area contributed by atoms with Crippen LogP contribution >= 0.6 is 11.3 Å². The molecule has 158 valence electrons. The third kappa shape index (κ3) is 4.47. The first kappa shape index (κ1) is 20.8. The first-order chi connectivity index (χ1) is 14.5. The zero-order valence-corrected chi connectivity index (χ0v) is 18.4. The zero-order valence-electron chi connectivity index (χ0n) is 17.6. The molecule has 0 saturated heterocycles.